The number of nitrogens with zero attached hydrogens (tertiary/aromatic N) is 1. The highest BCUT2D eigenvalue weighted by molar-refractivity contribution is 9.10. The molecular formula is C17H18BrN3O3. The van der Waals surface area contributed by atoms with Crippen LogP contribution in [-0.2, 0) is 4.79 Å². The maximum atomic E-state index is 11.8. The van der Waals surface area contributed by atoms with E-state index in [-0.39, 0.29) is 18.2 Å². The van der Waals surface area contributed by atoms with Crippen molar-refractivity contribution >= 4 is 33.7 Å². The first-order chi connectivity index (χ1) is 11.5. The van der Waals surface area contributed by atoms with Crippen molar-refractivity contribution in [1.29, 1.82) is 0 Å². The van der Waals surface area contributed by atoms with E-state index in [9.17, 15) is 9.90 Å². The number of hydrogen-bond acceptors (Lipinski definition) is 5. The summed E-state index contributed by atoms with van der Waals surface area (Å²) in [5.41, 5.74) is 4.78. The van der Waals surface area contributed by atoms with Gasteiger partial charge in [-0.25, -0.2) is 5.43 Å². The number of phenolic OH excluding ortho intramolecular Hbond substituents is 1. The maximum Gasteiger partial charge on any atom is 0.259 e. The third kappa shape index (κ3) is 4.73. The third-order valence-corrected chi connectivity index (χ3v) is 3.72. The van der Waals surface area contributed by atoms with Gasteiger partial charge >= 0.3 is 0 Å². The Bertz CT molecular complexity index is 763. The molecule has 0 saturated carbocycles. The first-order valence-corrected chi connectivity index (χ1v) is 7.98. The number of phenols is 1. The molecule has 0 saturated heterocycles. The van der Waals surface area contributed by atoms with Gasteiger partial charge in [-0.2, -0.15) is 5.10 Å². The summed E-state index contributed by atoms with van der Waals surface area (Å²) >= 11 is 3.32. The Balaban J connectivity index is 1.93. The van der Waals surface area contributed by atoms with Crippen molar-refractivity contribution in [2.24, 2.45) is 5.10 Å². The smallest absolute Gasteiger partial charge is 0.259 e. The average molecular weight is 392 g/mol. The summed E-state index contributed by atoms with van der Waals surface area (Å²) in [5, 5.41) is 16.9. The van der Waals surface area contributed by atoms with Crippen molar-refractivity contribution in [2.75, 3.05) is 19.0 Å². The van der Waals surface area contributed by atoms with Crippen LogP contribution in [0.1, 0.15) is 11.1 Å². The monoisotopic (exact) mass is 391 g/mol. The summed E-state index contributed by atoms with van der Waals surface area (Å²) < 4.78 is 5.78. The molecule has 0 aliphatic heterocycles. The van der Waals surface area contributed by atoms with Crippen LogP contribution in [0.4, 0.5) is 5.69 Å². The predicted octanol–water partition coefficient (Wildman–Crippen LogP) is 3.03. The Morgan fingerprint density at radius 2 is 2.12 bits per heavy atom. The fourth-order valence-electron chi connectivity index (χ4n) is 2.01. The van der Waals surface area contributed by atoms with Gasteiger partial charge in [-0.05, 0) is 30.7 Å². The van der Waals surface area contributed by atoms with Crippen molar-refractivity contribution in [2.45, 2.75) is 6.92 Å². The number of halogens is 1. The van der Waals surface area contributed by atoms with Crippen molar-refractivity contribution in [3.05, 3.63) is 52.0 Å². The molecule has 0 aromatic heterocycles. The van der Waals surface area contributed by atoms with Gasteiger partial charge in [0, 0.05) is 15.7 Å². The van der Waals surface area contributed by atoms with Gasteiger partial charge in [-0.3, -0.25) is 4.79 Å². The van der Waals surface area contributed by atoms with Crippen molar-refractivity contribution in [1.82, 2.24) is 5.43 Å². The molecule has 1 amide bonds. The minimum atomic E-state index is -0.295. The van der Waals surface area contributed by atoms with Gasteiger partial charge in [0.1, 0.15) is 0 Å². The van der Waals surface area contributed by atoms with Crippen LogP contribution in [0.25, 0.3) is 0 Å². The standard InChI is InChI=1S/C17H18BrN3O3/c1-11-5-3-4-6-14(11)19-10-16(22)21-20-9-12-7-13(18)8-15(24-2)17(12)23/h3-9,19,23H,10H2,1-2H3,(H,21,22). The van der Waals surface area contributed by atoms with E-state index in [1.54, 1.807) is 12.1 Å². The summed E-state index contributed by atoms with van der Waals surface area (Å²) in [4.78, 5) is 11.8. The van der Waals surface area contributed by atoms with Crippen molar-refractivity contribution in [3.63, 3.8) is 0 Å². The van der Waals surface area contributed by atoms with Crippen LogP contribution in [0.15, 0.2) is 46.0 Å². The molecule has 2 aromatic carbocycles. The number of methoxy groups -OCH3 is 1. The number of carbonyl (C=O) groups is 1. The number of amides is 1. The number of aryl methyl sites for hydroxylation is 1. The molecular weight excluding hydrogens is 374 g/mol. The van der Waals surface area contributed by atoms with Crippen LogP contribution >= 0.6 is 15.9 Å². The Hall–Kier alpha value is -2.54. The quantitative estimate of drug-likeness (QED) is 0.521. The number of benzene rings is 2. The number of rotatable bonds is 6. The van der Waals surface area contributed by atoms with Gasteiger partial charge in [-0.1, -0.05) is 34.1 Å². The SMILES string of the molecule is COc1cc(Br)cc(C=NNC(=O)CNc2ccccc2C)c1O. The molecule has 0 aliphatic carbocycles. The van der Waals surface area contributed by atoms with Gasteiger partial charge in [0.05, 0.1) is 19.9 Å². The summed E-state index contributed by atoms with van der Waals surface area (Å²) in [6.45, 7) is 2.05. The van der Waals surface area contributed by atoms with Crippen LogP contribution in [0.5, 0.6) is 11.5 Å². The fraction of sp³-hybridized carbons (Fsp3) is 0.176. The zero-order valence-corrected chi connectivity index (χ0v) is 14.9. The molecule has 24 heavy (non-hydrogen) atoms. The van der Waals surface area contributed by atoms with E-state index in [0.29, 0.717) is 11.3 Å². The molecule has 0 heterocycles. The van der Waals surface area contributed by atoms with Crippen molar-refractivity contribution < 1.29 is 14.6 Å². The molecule has 0 unspecified atom stereocenters. The van der Waals surface area contributed by atoms with Crippen LogP contribution in [0.2, 0.25) is 0 Å². The topological polar surface area (TPSA) is 83.0 Å². The number of hydrogen-bond donors (Lipinski definition) is 3. The highest BCUT2D eigenvalue weighted by Gasteiger charge is 2.08. The molecule has 0 radical (unpaired) electrons. The van der Waals surface area contributed by atoms with E-state index in [4.69, 9.17) is 4.74 Å². The Morgan fingerprint density at radius 1 is 1.38 bits per heavy atom. The van der Waals surface area contributed by atoms with Crippen LogP contribution in [0.3, 0.4) is 0 Å². The van der Waals surface area contributed by atoms with Crippen molar-refractivity contribution in [3.8, 4) is 11.5 Å². The summed E-state index contributed by atoms with van der Waals surface area (Å²) in [6, 6.07) is 11.0. The van der Waals surface area contributed by atoms with Gasteiger partial charge in [-0.15, -0.1) is 0 Å². The summed E-state index contributed by atoms with van der Waals surface area (Å²) in [5.74, 6) is -0.0222. The van der Waals surface area contributed by atoms with Crippen LogP contribution < -0.4 is 15.5 Å². The minimum Gasteiger partial charge on any atom is -0.504 e. The largest absolute Gasteiger partial charge is 0.504 e. The first-order valence-electron chi connectivity index (χ1n) is 7.19. The highest BCUT2D eigenvalue weighted by atomic mass is 79.9. The Labute approximate surface area is 148 Å². The number of hydrazone groups is 1. The van der Waals surface area contributed by atoms with Crippen LogP contribution in [0, 0.1) is 6.92 Å². The Morgan fingerprint density at radius 3 is 2.83 bits per heavy atom. The van der Waals surface area contributed by atoms with Gasteiger partial charge in [0.25, 0.3) is 5.91 Å². The molecule has 3 N–H and O–H groups in total. The average Bonchev–Trinajstić information content (AvgIpc) is 2.56. The molecule has 0 atom stereocenters. The van der Waals surface area contributed by atoms with E-state index in [1.165, 1.54) is 13.3 Å². The lowest BCUT2D eigenvalue weighted by Crippen LogP contribution is -2.26. The lowest BCUT2D eigenvalue weighted by molar-refractivity contribution is -0.119. The van der Waals surface area contributed by atoms with E-state index in [2.05, 4.69) is 31.8 Å². The zero-order chi connectivity index (χ0) is 17.5. The summed E-state index contributed by atoms with van der Waals surface area (Å²) in [7, 11) is 1.46. The fourth-order valence-corrected chi connectivity index (χ4v) is 2.46. The molecule has 126 valence electrons. The van der Waals surface area contributed by atoms with Gasteiger partial charge in [0.15, 0.2) is 11.5 Å². The minimum absolute atomic E-state index is 0.0447. The second-order valence-electron chi connectivity index (χ2n) is 5.01. The number of ether oxygens (including phenoxy) is 1. The lowest BCUT2D eigenvalue weighted by atomic mass is 10.2. The van der Waals surface area contributed by atoms with Crippen LogP contribution in [-0.4, -0.2) is 30.9 Å². The molecule has 0 fully saturated rings. The number of aromatic hydroxyl groups is 1. The number of nitrogens with one attached hydrogen (secondary N) is 2. The molecule has 7 heteroatoms. The zero-order valence-electron chi connectivity index (χ0n) is 13.3. The molecule has 6 nitrogen and oxygen atoms in total. The lowest BCUT2D eigenvalue weighted by Gasteiger charge is -2.08. The summed E-state index contributed by atoms with van der Waals surface area (Å²) in [6.07, 6.45) is 1.36. The number of anilines is 1. The third-order valence-electron chi connectivity index (χ3n) is 3.27. The van der Waals surface area contributed by atoms with Gasteiger partial charge < -0.3 is 15.2 Å². The first kappa shape index (κ1) is 17.8. The second kappa shape index (κ2) is 8.35. The second-order valence-corrected chi connectivity index (χ2v) is 5.92. The molecule has 0 bridgehead atoms. The maximum absolute atomic E-state index is 11.8. The predicted molar refractivity (Wildman–Crippen MR) is 97.8 cm³/mol. The van der Waals surface area contributed by atoms with Gasteiger partial charge in [0.2, 0.25) is 0 Å². The number of carbonyl (C=O) groups excluding carboxylic acids is 1. The van der Waals surface area contributed by atoms with E-state index in [0.717, 1.165) is 15.7 Å². The van der Waals surface area contributed by atoms with E-state index >= 15 is 0 Å². The Kier molecular flexibility index (Phi) is 6.20. The molecule has 0 aliphatic rings. The number of para-hydroxylation sites is 1. The highest BCUT2D eigenvalue weighted by Crippen LogP contribution is 2.32. The molecule has 0 spiro atoms. The van der Waals surface area contributed by atoms with E-state index < -0.39 is 0 Å². The molecule has 2 aromatic rings. The molecule has 2 rings (SSSR count). The normalized spacial score (nSPS) is 10.6. The van der Waals surface area contributed by atoms with E-state index in [1.807, 2.05) is 31.2 Å².